The minimum absolute atomic E-state index is 0.290. The largest absolute Gasteiger partial charge is 0.384 e. The molecule has 0 bridgehead atoms. The topological polar surface area (TPSA) is 46.2 Å². The fourth-order valence-corrected chi connectivity index (χ4v) is 2.79. The van der Waals surface area contributed by atoms with Gasteiger partial charge in [-0.25, -0.2) is 8.42 Å². The van der Waals surface area contributed by atoms with Gasteiger partial charge in [-0.3, -0.25) is 0 Å². The first kappa shape index (κ1) is 15.7. The second-order valence-corrected chi connectivity index (χ2v) is 7.45. The lowest BCUT2D eigenvalue weighted by Gasteiger charge is -2.09. The molecular formula is C12H18ClNO2S2. The lowest BCUT2D eigenvalue weighted by Crippen LogP contribution is -2.04. The van der Waals surface area contributed by atoms with E-state index >= 15 is 0 Å². The highest BCUT2D eigenvalue weighted by Crippen LogP contribution is 2.25. The molecule has 0 aromatic heterocycles. The van der Waals surface area contributed by atoms with E-state index in [4.69, 9.17) is 11.6 Å². The summed E-state index contributed by atoms with van der Waals surface area (Å²) in [5, 5.41) is 3.73. The van der Waals surface area contributed by atoms with Crippen LogP contribution in [0.2, 0.25) is 5.02 Å². The van der Waals surface area contributed by atoms with Gasteiger partial charge in [-0.15, -0.1) is 0 Å². The predicted octanol–water partition coefficient (Wildman–Crippen LogP) is 3.30. The molecule has 1 N–H and O–H groups in total. The van der Waals surface area contributed by atoms with Gasteiger partial charge < -0.3 is 5.32 Å². The maximum absolute atomic E-state index is 11.4. The Balaban J connectivity index is 2.65. The molecule has 0 saturated heterocycles. The van der Waals surface area contributed by atoms with Gasteiger partial charge in [-0.2, -0.15) is 11.8 Å². The molecule has 0 aliphatic carbocycles. The van der Waals surface area contributed by atoms with Crippen molar-refractivity contribution in [3.63, 3.8) is 0 Å². The lowest BCUT2D eigenvalue weighted by atomic mass is 10.3. The van der Waals surface area contributed by atoms with Crippen molar-refractivity contribution in [1.29, 1.82) is 0 Å². The van der Waals surface area contributed by atoms with E-state index in [0.29, 0.717) is 15.6 Å². The first-order valence-corrected chi connectivity index (χ1v) is 9.34. The number of benzene rings is 1. The Bertz CT molecular complexity index is 489. The van der Waals surface area contributed by atoms with Crippen LogP contribution in [0.3, 0.4) is 0 Å². The third kappa shape index (κ3) is 5.08. The zero-order valence-electron chi connectivity index (χ0n) is 10.6. The van der Waals surface area contributed by atoms with E-state index < -0.39 is 9.84 Å². The van der Waals surface area contributed by atoms with Gasteiger partial charge in [-0.1, -0.05) is 11.6 Å². The molecule has 0 saturated carbocycles. The number of anilines is 1. The van der Waals surface area contributed by atoms with Crippen molar-refractivity contribution >= 4 is 38.9 Å². The average molecular weight is 308 g/mol. The number of nitrogens with one attached hydrogen (secondary N) is 1. The first-order chi connectivity index (χ1) is 8.45. The predicted molar refractivity (Wildman–Crippen MR) is 80.7 cm³/mol. The fraction of sp³-hybridized carbons (Fsp3) is 0.500. The van der Waals surface area contributed by atoms with Crippen LogP contribution in [-0.2, 0) is 9.84 Å². The summed E-state index contributed by atoms with van der Waals surface area (Å²) in [4.78, 5) is 0.290. The van der Waals surface area contributed by atoms with Crippen molar-refractivity contribution < 1.29 is 8.42 Å². The van der Waals surface area contributed by atoms with Gasteiger partial charge in [0.15, 0.2) is 9.84 Å². The number of sulfone groups is 1. The quantitative estimate of drug-likeness (QED) is 0.785. The van der Waals surface area contributed by atoms with Crippen LogP contribution in [0, 0.1) is 0 Å². The van der Waals surface area contributed by atoms with Crippen molar-refractivity contribution in [2.24, 2.45) is 0 Å². The van der Waals surface area contributed by atoms with Crippen molar-refractivity contribution in [2.75, 3.05) is 30.1 Å². The Kier molecular flexibility index (Phi) is 6.32. The molecule has 0 amide bonds. The highest BCUT2D eigenvalue weighted by molar-refractivity contribution is 7.98. The number of halogens is 1. The molecule has 0 fully saturated rings. The summed E-state index contributed by atoms with van der Waals surface area (Å²) in [5.74, 6) is 1.14. The summed E-state index contributed by atoms with van der Waals surface area (Å²) < 4.78 is 22.9. The highest BCUT2D eigenvalue weighted by atomic mass is 35.5. The molecule has 0 atom stereocenters. The van der Waals surface area contributed by atoms with E-state index in [-0.39, 0.29) is 0 Å². The van der Waals surface area contributed by atoms with Gasteiger partial charge in [0.25, 0.3) is 0 Å². The van der Waals surface area contributed by atoms with E-state index in [0.717, 1.165) is 25.1 Å². The first-order valence-electron chi connectivity index (χ1n) is 5.67. The van der Waals surface area contributed by atoms with Crippen LogP contribution in [0.25, 0.3) is 0 Å². The summed E-state index contributed by atoms with van der Waals surface area (Å²) in [6.45, 7) is 0.799. The van der Waals surface area contributed by atoms with Crippen molar-refractivity contribution in [3.8, 4) is 0 Å². The summed E-state index contributed by atoms with van der Waals surface area (Å²) in [6.07, 6.45) is 5.45. The molecule has 0 radical (unpaired) electrons. The number of unbranched alkanes of at least 4 members (excludes halogenated alkanes) is 1. The Labute approximate surface area is 118 Å². The standard InChI is InChI=1S/C12H18ClNO2S2/c1-17-8-4-3-7-14-12-9-10(18(2,15)16)5-6-11(12)13/h5-6,9,14H,3-4,7-8H2,1-2H3. The Morgan fingerprint density at radius 3 is 2.67 bits per heavy atom. The molecule has 1 aromatic rings. The molecular weight excluding hydrogens is 290 g/mol. The van der Waals surface area contributed by atoms with Crippen LogP contribution < -0.4 is 5.32 Å². The second-order valence-electron chi connectivity index (χ2n) is 4.04. The smallest absolute Gasteiger partial charge is 0.175 e. The van der Waals surface area contributed by atoms with Gasteiger partial charge in [0, 0.05) is 12.8 Å². The molecule has 0 unspecified atom stereocenters. The number of hydrogen-bond acceptors (Lipinski definition) is 4. The van der Waals surface area contributed by atoms with Crippen LogP contribution in [-0.4, -0.2) is 33.2 Å². The Morgan fingerprint density at radius 2 is 2.06 bits per heavy atom. The van der Waals surface area contributed by atoms with E-state index in [9.17, 15) is 8.42 Å². The highest BCUT2D eigenvalue weighted by Gasteiger charge is 2.09. The molecule has 0 spiro atoms. The second kappa shape index (κ2) is 7.26. The van der Waals surface area contributed by atoms with Crippen LogP contribution in [0.4, 0.5) is 5.69 Å². The molecule has 0 aliphatic rings. The summed E-state index contributed by atoms with van der Waals surface area (Å²) in [6, 6.07) is 4.73. The SMILES string of the molecule is CSCCCCNc1cc(S(C)(=O)=O)ccc1Cl. The van der Waals surface area contributed by atoms with Crippen LogP contribution in [0.5, 0.6) is 0 Å². The number of hydrogen-bond donors (Lipinski definition) is 1. The molecule has 102 valence electrons. The summed E-state index contributed by atoms with van der Waals surface area (Å²) in [7, 11) is -3.18. The zero-order valence-corrected chi connectivity index (χ0v) is 13.0. The van der Waals surface area contributed by atoms with E-state index in [1.165, 1.54) is 12.3 Å². The molecule has 1 rings (SSSR count). The lowest BCUT2D eigenvalue weighted by molar-refractivity contribution is 0.602. The molecule has 0 aliphatic heterocycles. The van der Waals surface area contributed by atoms with Gasteiger partial charge in [-0.05, 0) is 43.0 Å². The monoisotopic (exact) mass is 307 g/mol. The summed E-state index contributed by atoms with van der Waals surface area (Å²) >= 11 is 7.85. The maximum Gasteiger partial charge on any atom is 0.175 e. The normalized spacial score (nSPS) is 11.5. The minimum Gasteiger partial charge on any atom is -0.384 e. The van der Waals surface area contributed by atoms with Gasteiger partial charge in [0.2, 0.25) is 0 Å². The van der Waals surface area contributed by atoms with Crippen molar-refractivity contribution in [1.82, 2.24) is 0 Å². The van der Waals surface area contributed by atoms with Gasteiger partial charge in [0.05, 0.1) is 15.6 Å². The molecule has 0 heterocycles. The van der Waals surface area contributed by atoms with Crippen molar-refractivity contribution in [3.05, 3.63) is 23.2 Å². The van der Waals surface area contributed by atoms with Crippen LogP contribution in [0.1, 0.15) is 12.8 Å². The Hall–Kier alpha value is -0.390. The number of rotatable bonds is 7. The average Bonchev–Trinajstić information content (AvgIpc) is 2.29. The Morgan fingerprint density at radius 1 is 1.33 bits per heavy atom. The van der Waals surface area contributed by atoms with Gasteiger partial charge >= 0.3 is 0 Å². The van der Waals surface area contributed by atoms with Gasteiger partial charge in [0.1, 0.15) is 0 Å². The van der Waals surface area contributed by atoms with E-state index in [1.807, 2.05) is 11.8 Å². The molecule has 1 aromatic carbocycles. The minimum atomic E-state index is -3.18. The van der Waals surface area contributed by atoms with Crippen LogP contribution in [0.15, 0.2) is 23.1 Å². The van der Waals surface area contributed by atoms with Crippen LogP contribution >= 0.6 is 23.4 Å². The maximum atomic E-state index is 11.4. The molecule has 3 nitrogen and oxygen atoms in total. The third-order valence-electron chi connectivity index (χ3n) is 2.46. The molecule has 6 heteroatoms. The third-order valence-corrected chi connectivity index (χ3v) is 4.59. The van der Waals surface area contributed by atoms with Crippen molar-refractivity contribution in [2.45, 2.75) is 17.7 Å². The van der Waals surface area contributed by atoms with E-state index in [1.54, 1.807) is 12.1 Å². The number of thioether (sulfide) groups is 1. The summed E-state index contributed by atoms with van der Waals surface area (Å²) in [5.41, 5.74) is 0.684. The fourth-order valence-electron chi connectivity index (χ4n) is 1.46. The van der Waals surface area contributed by atoms with E-state index in [2.05, 4.69) is 11.6 Å². The zero-order chi connectivity index (χ0) is 13.6. The molecule has 18 heavy (non-hydrogen) atoms.